The first kappa shape index (κ1) is 13.9. The van der Waals surface area contributed by atoms with E-state index in [1.54, 1.807) is 12.1 Å². The molecule has 1 unspecified atom stereocenters. The Bertz CT molecular complexity index is 511. The van der Waals surface area contributed by atoms with Gasteiger partial charge in [-0.15, -0.1) is 0 Å². The van der Waals surface area contributed by atoms with Crippen LogP contribution in [0.25, 0.3) is 0 Å². The molecule has 3 rings (SSSR count). The zero-order valence-corrected chi connectivity index (χ0v) is 13.1. The van der Waals surface area contributed by atoms with Gasteiger partial charge in [-0.1, -0.05) is 12.8 Å². The van der Waals surface area contributed by atoms with Crippen LogP contribution < -0.4 is 4.90 Å². The second-order valence-electron chi connectivity index (χ2n) is 5.92. The molecule has 1 heterocycles. The van der Waals surface area contributed by atoms with Crippen molar-refractivity contribution in [1.82, 2.24) is 0 Å². The molecule has 2 aliphatic rings. The van der Waals surface area contributed by atoms with E-state index in [-0.39, 0.29) is 0 Å². The van der Waals surface area contributed by atoms with Gasteiger partial charge in [0.25, 0.3) is 0 Å². The number of carbonyl (C=O) groups is 1. The molecule has 3 nitrogen and oxygen atoms in total. The van der Waals surface area contributed by atoms with Crippen LogP contribution in [0.3, 0.4) is 0 Å². The van der Waals surface area contributed by atoms with Crippen LogP contribution in [0.1, 0.15) is 48.9 Å². The van der Waals surface area contributed by atoms with E-state index in [0.29, 0.717) is 11.6 Å². The molecule has 0 bridgehead atoms. The first-order valence-corrected chi connectivity index (χ1v) is 8.25. The number of carboxylic acid groups (broad SMARTS) is 1. The molecule has 1 aromatic carbocycles. The van der Waals surface area contributed by atoms with Gasteiger partial charge in [-0.3, -0.25) is 0 Å². The van der Waals surface area contributed by atoms with E-state index >= 15 is 0 Å². The molecule has 1 N–H and O–H groups in total. The van der Waals surface area contributed by atoms with Gasteiger partial charge in [0, 0.05) is 17.1 Å². The van der Waals surface area contributed by atoms with E-state index < -0.39 is 5.97 Å². The van der Waals surface area contributed by atoms with E-state index in [0.717, 1.165) is 22.6 Å². The lowest BCUT2D eigenvalue weighted by molar-refractivity contribution is 0.0697. The third-order valence-corrected chi connectivity index (χ3v) is 5.38. The van der Waals surface area contributed by atoms with Crippen molar-refractivity contribution in [1.29, 1.82) is 0 Å². The van der Waals surface area contributed by atoms with Crippen LogP contribution in [0.15, 0.2) is 22.7 Å². The fourth-order valence-electron chi connectivity index (χ4n) is 3.80. The fraction of sp³-hybridized carbons (Fsp3) is 0.562. The Morgan fingerprint density at radius 2 is 1.95 bits per heavy atom. The molecule has 0 radical (unpaired) electrons. The number of benzene rings is 1. The summed E-state index contributed by atoms with van der Waals surface area (Å²) in [5, 5.41) is 9.06. The van der Waals surface area contributed by atoms with E-state index in [1.807, 2.05) is 6.07 Å². The number of aromatic carboxylic acids is 1. The molecule has 0 amide bonds. The van der Waals surface area contributed by atoms with Crippen LogP contribution in [0, 0.1) is 5.92 Å². The molecule has 1 atom stereocenters. The Balaban J connectivity index is 1.85. The zero-order valence-electron chi connectivity index (χ0n) is 11.5. The minimum absolute atomic E-state index is 0.345. The summed E-state index contributed by atoms with van der Waals surface area (Å²) in [5.74, 6) is -0.0467. The second-order valence-corrected chi connectivity index (χ2v) is 6.77. The molecular weight excluding hydrogens is 318 g/mol. The Morgan fingerprint density at radius 3 is 2.60 bits per heavy atom. The number of carboxylic acids is 1. The van der Waals surface area contributed by atoms with Crippen molar-refractivity contribution >= 4 is 27.6 Å². The highest BCUT2D eigenvalue weighted by Gasteiger charge is 2.34. The van der Waals surface area contributed by atoms with Crippen LogP contribution in [-0.2, 0) is 0 Å². The predicted molar refractivity (Wildman–Crippen MR) is 83.4 cm³/mol. The highest BCUT2D eigenvalue weighted by molar-refractivity contribution is 9.10. The van der Waals surface area contributed by atoms with Crippen molar-refractivity contribution < 1.29 is 9.90 Å². The molecule has 1 saturated carbocycles. The van der Waals surface area contributed by atoms with Gasteiger partial charge in [0.15, 0.2) is 0 Å². The van der Waals surface area contributed by atoms with Crippen LogP contribution in [0.2, 0.25) is 0 Å². The van der Waals surface area contributed by atoms with Gasteiger partial charge >= 0.3 is 5.97 Å². The normalized spacial score (nSPS) is 23.4. The van der Waals surface area contributed by atoms with Crippen molar-refractivity contribution in [2.45, 2.75) is 44.6 Å². The quantitative estimate of drug-likeness (QED) is 0.893. The lowest BCUT2D eigenvalue weighted by Crippen LogP contribution is -2.34. The number of hydrogen-bond donors (Lipinski definition) is 1. The average Bonchev–Trinajstić information content (AvgIpc) is 3.09. The van der Waals surface area contributed by atoms with Gasteiger partial charge in [-0.2, -0.15) is 0 Å². The molecule has 1 aromatic rings. The summed E-state index contributed by atoms with van der Waals surface area (Å²) < 4.78 is 0.905. The number of hydrogen-bond acceptors (Lipinski definition) is 2. The lowest BCUT2D eigenvalue weighted by atomic mass is 9.95. The summed E-state index contributed by atoms with van der Waals surface area (Å²) in [5.41, 5.74) is 1.50. The molecule has 108 valence electrons. The van der Waals surface area contributed by atoms with Gasteiger partial charge in [-0.05, 0) is 65.7 Å². The third kappa shape index (κ3) is 2.58. The van der Waals surface area contributed by atoms with Crippen LogP contribution in [0.5, 0.6) is 0 Å². The Kier molecular flexibility index (Phi) is 4.01. The number of halogens is 1. The minimum atomic E-state index is -0.869. The summed E-state index contributed by atoms with van der Waals surface area (Å²) in [7, 11) is 0. The van der Waals surface area contributed by atoms with Crippen LogP contribution in [-0.4, -0.2) is 23.7 Å². The SMILES string of the molecule is O=C(O)c1ccc(N2CCCC2C2CCCC2)c(Br)c1. The highest BCUT2D eigenvalue weighted by Crippen LogP contribution is 2.40. The topological polar surface area (TPSA) is 40.5 Å². The third-order valence-electron chi connectivity index (χ3n) is 4.75. The van der Waals surface area contributed by atoms with Crippen LogP contribution >= 0.6 is 15.9 Å². The van der Waals surface area contributed by atoms with Gasteiger partial charge in [0.05, 0.1) is 11.3 Å². The maximum atomic E-state index is 11.0. The van der Waals surface area contributed by atoms with E-state index in [9.17, 15) is 4.79 Å². The summed E-state index contributed by atoms with van der Waals surface area (Å²) in [6.07, 6.45) is 7.96. The average molecular weight is 338 g/mol. The van der Waals surface area contributed by atoms with Gasteiger partial charge in [-0.25, -0.2) is 4.79 Å². The van der Waals surface area contributed by atoms with E-state index in [2.05, 4.69) is 20.8 Å². The van der Waals surface area contributed by atoms with Gasteiger partial charge in [0.2, 0.25) is 0 Å². The standard InChI is InChI=1S/C16H20BrNO2/c17-13-10-12(16(19)20)7-8-15(13)18-9-3-6-14(18)11-4-1-2-5-11/h7-8,10-11,14H,1-6,9H2,(H,19,20). The summed E-state index contributed by atoms with van der Waals surface area (Å²) in [4.78, 5) is 13.5. The Labute approximate surface area is 128 Å². The second kappa shape index (κ2) is 5.76. The van der Waals surface area contributed by atoms with Crippen molar-refractivity contribution in [2.24, 2.45) is 5.92 Å². The molecule has 0 spiro atoms. The van der Waals surface area contributed by atoms with Crippen LogP contribution in [0.4, 0.5) is 5.69 Å². The van der Waals surface area contributed by atoms with Crippen molar-refractivity contribution in [2.75, 3.05) is 11.4 Å². The van der Waals surface area contributed by atoms with E-state index in [4.69, 9.17) is 5.11 Å². The summed E-state index contributed by atoms with van der Waals surface area (Å²) in [6, 6.07) is 6.04. The fourth-order valence-corrected chi connectivity index (χ4v) is 4.40. The highest BCUT2D eigenvalue weighted by atomic mass is 79.9. The molecule has 1 aliphatic heterocycles. The van der Waals surface area contributed by atoms with Crippen molar-refractivity contribution in [3.8, 4) is 0 Å². The monoisotopic (exact) mass is 337 g/mol. The zero-order chi connectivity index (χ0) is 14.1. The maximum Gasteiger partial charge on any atom is 0.335 e. The van der Waals surface area contributed by atoms with Crippen molar-refractivity contribution in [3.05, 3.63) is 28.2 Å². The Hall–Kier alpha value is -1.03. The summed E-state index contributed by atoms with van der Waals surface area (Å²) >= 11 is 3.56. The van der Waals surface area contributed by atoms with E-state index in [1.165, 1.54) is 38.5 Å². The first-order chi connectivity index (χ1) is 9.66. The molecular formula is C16H20BrNO2. The maximum absolute atomic E-state index is 11.0. The molecule has 1 aliphatic carbocycles. The lowest BCUT2D eigenvalue weighted by Gasteiger charge is -2.32. The van der Waals surface area contributed by atoms with Crippen molar-refractivity contribution in [3.63, 3.8) is 0 Å². The molecule has 20 heavy (non-hydrogen) atoms. The number of rotatable bonds is 3. The summed E-state index contributed by atoms with van der Waals surface area (Å²) in [6.45, 7) is 1.09. The Morgan fingerprint density at radius 1 is 1.20 bits per heavy atom. The molecule has 0 aromatic heterocycles. The molecule has 4 heteroatoms. The molecule has 1 saturated heterocycles. The number of anilines is 1. The largest absolute Gasteiger partial charge is 0.478 e. The predicted octanol–water partition coefficient (Wildman–Crippen LogP) is 4.31. The smallest absolute Gasteiger partial charge is 0.335 e. The van der Waals surface area contributed by atoms with Gasteiger partial charge in [0.1, 0.15) is 0 Å². The minimum Gasteiger partial charge on any atom is -0.478 e. The first-order valence-electron chi connectivity index (χ1n) is 7.46. The number of nitrogens with zero attached hydrogens (tertiary/aromatic N) is 1. The molecule has 2 fully saturated rings. The van der Waals surface area contributed by atoms with Gasteiger partial charge < -0.3 is 10.0 Å².